The van der Waals surface area contributed by atoms with Gasteiger partial charge in [-0.1, -0.05) is 26.0 Å². The maximum absolute atomic E-state index is 13.5. The van der Waals surface area contributed by atoms with Crippen LogP contribution in [0.25, 0.3) is 0 Å². The predicted octanol–water partition coefficient (Wildman–Crippen LogP) is 3.70. The fourth-order valence-corrected chi connectivity index (χ4v) is 2.94. The normalized spacial score (nSPS) is 13.0. The molecule has 1 aliphatic rings. The summed E-state index contributed by atoms with van der Waals surface area (Å²) in [6.45, 7) is 4.27. The Kier molecular flexibility index (Phi) is 6.26. The Morgan fingerprint density at radius 3 is 2.48 bits per heavy atom. The van der Waals surface area contributed by atoms with Gasteiger partial charge in [0.2, 0.25) is 0 Å². The molecule has 0 aliphatic carbocycles. The van der Waals surface area contributed by atoms with E-state index in [9.17, 15) is 18.8 Å². The van der Waals surface area contributed by atoms with Gasteiger partial charge in [0, 0.05) is 6.54 Å². The van der Waals surface area contributed by atoms with Gasteiger partial charge < -0.3 is 9.47 Å². The van der Waals surface area contributed by atoms with Crippen LogP contribution in [0.1, 0.15) is 51.3 Å². The lowest BCUT2D eigenvalue weighted by Crippen LogP contribution is -2.31. The number of halogens is 1. The van der Waals surface area contributed by atoms with Gasteiger partial charge in [0.05, 0.1) is 16.7 Å². The summed E-state index contributed by atoms with van der Waals surface area (Å²) in [6, 6.07) is 10.2. The molecule has 0 N–H and O–H groups in total. The number of rotatable bonds is 8. The van der Waals surface area contributed by atoms with Crippen LogP contribution in [0.15, 0.2) is 42.5 Å². The van der Waals surface area contributed by atoms with Gasteiger partial charge in [0.1, 0.15) is 13.2 Å². The number of amides is 2. The van der Waals surface area contributed by atoms with E-state index in [0.29, 0.717) is 18.9 Å². The summed E-state index contributed by atoms with van der Waals surface area (Å²) in [5, 5.41) is 0. The number of esters is 1. The van der Waals surface area contributed by atoms with Crippen LogP contribution < -0.4 is 4.74 Å². The Labute approximate surface area is 168 Å². The van der Waals surface area contributed by atoms with Crippen LogP contribution >= 0.6 is 0 Å². The number of fused-ring (bicyclic) bond motifs is 1. The van der Waals surface area contributed by atoms with E-state index >= 15 is 0 Å². The van der Waals surface area contributed by atoms with Crippen LogP contribution in [-0.2, 0) is 4.74 Å². The summed E-state index contributed by atoms with van der Waals surface area (Å²) in [5.74, 6) is -1.45. The third kappa shape index (κ3) is 4.62. The van der Waals surface area contributed by atoms with Gasteiger partial charge >= 0.3 is 5.97 Å². The van der Waals surface area contributed by atoms with Crippen molar-refractivity contribution in [1.82, 2.24) is 4.90 Å². The van der Waals surface area contributed by atoms with Crippen molar-refractivity contribution in [3.8, 4) is 5.75 Å². The Hall–Kier alpha value is -3.22. The van der Waals surface area contributed by atoms with E-state index in [1.54, 1.807) is 12.1 Å². The average molecular weight is 399 g/mol. The van der Waals surface area contributed by atoms with E-state index in [-0.39, 0.29) is 41.6 Å². The van der Waals surface area contributed by atoms with Gasteiger partial charge in [-0.25, -0.2) is 9.18 Å². The standard InChI is InChI=1S/C22H22FNO5/c1-14(2)9-10-24-20(25)16-8-7-15(13-17(16)21(24)26)22(27)29-12-11-28-19-6-4-3-5-18(19)23/h3-8,13-14H,9-12H2,1-2H3. The predicted molar refractivity (Wildman–Crippen MR) is 103 cm³/mol. The molecule has 29 heavy (non-hydrogen) atoms. The maximum atomic E-state index is 13.5. The second-order valence-electron chi connectivity index (χ2n) is 7.12. The highest BCUT2D eigenvalue weighted by Gasteiger charge is 2.35. The van der Waals surface area contributed by atoms with Crippen LogP contribution in [-0.4, -0.2) is 42.4 Å². The highest BCUT2D eigenvalue weighted by Crippen LogP contribution is 2.25. The number of para-hydroxylation sites is 1. The zero-order valence-corrected chi connectivity index (χ0v) is 16.3. The molecule has 2 aromatic carbocycles. The third-order valence-corrected chi connectivity index (χ3v) is 4.55. The molecule has 0 saturated heterocycles. The molecule has 0 aromatic heterocycles. The molecular weight excluding hydrogens is 377 g/mol. The maximum Gasteiger partial charge on any atom is 0.338 e. The second-order valence-corrected chi connectivity index (χ2v) is 7.12. The summed E-state index contributed by atoms with van der Waals surface area (Å²) in [7, 11) is 0. The van der Waals surface area contributed by atoms with Crippen LogP contribution in [0.2, 0.25) is 0 Å². The van der Waals surface area contributed by atoms with Crippen molar-refractivity contribution < 1.29 is 28.2 Å². The van der Waals surface area contributed by atoms with Crippen molar-refractivity contribution in [2.24, 2.45) is 5.92 Å². The molecule has 0 fully saturated rings. The lowest BCUT2D eigenvalue weighted by Gasteiger charge is -2.14. The molecule has 6 nitrogen and oxygen atoms in total. The Balaban J connectivity index is 1.59. The van der Waals surface area contributed by atoms with Crippen LogP contribution in [0.3, 0.4) is 0 Å². The largest absolute Gasteiger partial charge is 0.487 e. The number of nitrogens with zero attached hydrogens (tertiary/aromatic N) is 1. The first-order valence-corrected chi connectivity index (χ1v) is 9.43. The number of hydrogen-bond donors (Lipinski definition) is 0. The number of imide groups is 1. The van der Waals surface area contributed by atoms with Crippen molar-refractivity contribution in [3.63, 3.8) is 0 Å². The SMILES string of the molecule is CC(C)CCN1C(=O)c2ccc(C(=O)OCCOc3ccccc3F)cc2C1=O. The van der Waals surface area contributed by atoms with E-state index in [4.69, 9.17) is 9.47 Å². The van der Waals surface area contributed by atoms with E-state index in [1.165, 1.54) is 35.2 Å². The fraction of sp³-hybridized carbons (Fsp3) is 0.318. The molecule has 0 radical (unpaired) electrons. The van der Waals surface area contributed by atoms with Crippen LogP contribution in [0, 0.1) is 11.7 Å². The van der Waals surface area contributed by atoms with Crippen LogP contribution in [0.4, 0.5) is 4.39 Å². The van der Waals surface area contributed by atoms with E-state index < -0.39 is 17.7 Å². The summed E-state index contributed by atoms with van der Waals surface area (Å²) >= 11 is 0. The summed E-state index contributed by atoms with van der Waals surface area (Å²) in [4.78, 5) is 38.4. The monoisotopic (exact) mass is 399 g/mol. The summed E-state index contributed by atoms with van der Waals surface area (Å²) in [5.41, 5.74) is 0.663. The molecule has 7 heteroatoms. The summed E-state index contributed by atoms with van der Waals surface area (Å²) < 4.78 is 23.8. The lowest BCUT2D eigenvalue weighted by atomic mass is 10.1. The quantitative estimate of drug-likeness (QED) is 0.384. The number of carbonyl (C=O) groups excluding carboxylic acids is 3. The second kappa shape index (κ2) is 8.86. The molecule has 0 atom stereocenters. The highest BCUT2D eigenvalue weighted by atomic mass is 19.1. The van der Waals surface area contributed by atoms with Crippen molar-refractivity contribution in [2.45, 2.75) is 20.3 Å². The lowest BCUT2D eigenvalue weighted by molar-refractivity contribution is 0.0448. The summed E-state index contributed by atoms with van der Waals surface area (Å²) in [6.07, 6.45) is 0.711. The fourth-order valence-electron chi connectivity index (χ4n) is 2.94. The molecular formula is C22H22FNO5. The third-order valence-electron chi connectivity index (χ3n) is 4.55. The zero-order valence-electron chi connectivity index (χ0n) is 16.3. The van der Waals surface area contributed by atoms with Crippen molar-refractivity contribution in [1.29, 1.82) is 0 Å². The van der Waals surface area contributed by atoms with Crippen molar-refractivity contribution in [2.75, 3.05) is 19.8 Å². The van der Waals surface area contributed by atoms with E-state index in [1.807, 2.05) is 13.8 Å². The molecule has 2 amide bonds. The van der Waals surface area contributed by atoms with Crippen LogP contribution in [0.5, 0.6) is 5.75 Å². The van der Waals surface area contributed by atoms with Gasteiger partial charge in [-0.2, -0.15) is 0 Å². The average Bonchev–Trinajstić information content (AvgIpc) is 2.94. The number of hydrogen-bond acceptors (Lipinski definition) is 5. The Bertz CT molecular complexity index is 941. The number of benzene rings is 2. The molecule has 0 spiro atoms. The van der Waals surface area contributed by atoms with Gasteiger partial charge in [-0.05, 0) is 42.7 Å². The smallest absolute Gasteiger partial charge is 0.338 e. The molecule has 0 unspecified atom stereocenters. The molecule has 1 heterocycles. The first-order valence-electron chi connectivity index (χ1n) is 9.43. The van der Waals surface area contributed by atoms with Crippen molar-refractivity contribution in [3.05, 3.63) is 65.0 Å². The molecule has 1 aliphatic heterocycles. The van der Waals surface area contributed by atoms with E-state index in [0.717, 1.165) is 0 Å². The molecule has 0 saturated carbocycles. The minimum Gasteiger partial charge on any atom is -0.487 e. The number of carbonyl (C=O) groups is 3. The van der Waals surface area contributed by atoms with Crippen molar-refractivity contribution >= 4 is 17.8 Å². The molecule has 2 aromatic rings. The van der Waals surface area contributed by atoms with Gasteiger partial charge in [-0.15, -0.1) is 0 Å². The minimum atomic E-state index is -0.647. The zero-order chi connectivity index (χ0) is 21.0. The molecule has 3 rings (SSSR count). The molecule has 152 valence electrons. The molecule has 0 bridgehead atoms. The van der Waals surface area contributed by atoms with Gasteiger partial charge in [0.15, 0.2) is 11.6 Å². The topological polar surface area (TPSA) is 72.9 Å². The first-order chi connectivity index (χ1) is 13.9. The highest BCUT2D eigenvalue weighted by molar-refractivity contribution is 6.21. The number of ether oxygens (including phenoxy) is 2. The first kappa shape index (κ1) is 20.5. The van der Waals surface area contributed by atoms with E-state index in [2.05, 4.69) is 0 Å². The van der Waals surface area contributed by atoms with Gasteiger partial charge in [0.25, 0.3) is 11.8 Å². The Morgan fingerprint density at radius 1 is 1.03 bits per heavy atom. The Morgan fingerprint density at radius 2 is 1.76 bits per heavy atom. The van der Waals surface area contributed by atoms with Gasteiger partial charge in [-0.3, -0.25) is 14.5 Å². The minimum absolute atomic E-state index is 0.0159.